The van der Waals surface area contributed by atoms with Gasteiger partial charge < -0.3 is 11.5 Å². The van der Waals surface area contributed by atoms with E-state index in [1.54, 1.807) is 48.5 Å². The van der Waals surface area contributed by atoms with E-state index in [1.165, 1.54) is 0 Å². The zero-order valence-electron chi connectivity index (χ0n) is 9.59. The normalized spacial score (nSPS) is 10.0. The van der Waals surface area contributed by atoms with E-state index in [-0.39, 0.29) is 0 Å². The molecule has 4 heteroatoms. The van der Waals surface area contributed by atoms with Gasteiger partial charge in [-0.05, 0) is 29.3 Å². The van der Waals surface area contributed by atoms with Crippen molar-refractivity contribution >= 4 is 11.8 Å². The van der Waals surface area contributed by atoms with Crippen LogP contribution in [0.25, 0.3) is 11.1 Å². The molecule has 18 heavy (non-hydrogen) atoms. The van der Waals surface area contributed by atoms with Crippen LogP contribution in [0, 0.1) is 0 Å². The first-order valence-electron chi connectivity index (χ1n) is 5.38. The number of primary amides is 2. The molecule has 0 atom stereocenters. The fourth-order valence-corrected chi connectivity index (χ4v) is 1.79. The molecule has 2 aromatic rings. The second-order valence-electron chi connectivity index (χ2n) is 3.85. The number of amides is 2. The van der Waals surface area contributed by atoms with Crippen LogP contribution in [-0.4, -0.2) is 11.8 Å². The lowest BCUT2D eigenvalue weighted by atomic mass is 9.98. The third-order valence-electron chi connectivity index (χ3n) is 2.65. The van der Waals surface area contributed by atoms with E-state index in [2.05, 4.69) is 0 Å². The van der Waals surface area contributed by atoms with Crippen molar-refractivity contribution in [3.8, 4) is 11.1 Å². The molecule has 0 radical (unpaired) electrons. The van der Waals surface area contributed by atoms with Gasteiger partial charge in [0.2, 0.25) is 11.8 Å². The predicted octanol–water partition coefficient (Wildman–Crippen LogP) is 1.55. The molecule has 4 nitrogen and oxygen atoms in total. The SMILES string of the molecule is NC(=O)c1cccc(-c2ccccc2C(N)=O)c1. The van der Waals surface area contributed by atoms with Gasteiger partial charge in [-0.2, -0.15) is 0 Å². The van der Waals surface area contributed by atoms with Crippen LogP contribution in [0.3, 0.4) is 0 Å². The van der Waals surface area contributed by atoms with Crippen LogP contribution < -0.4 is 11.5 Å². The van der Waals surface area contributed by atoms with E-state index in [0.29, 0.717) is 16.7 Å². The average Bonchev–Trinajstić information content (AvgIpc) is 2.39. The zero-order valence-corrected chi connectivity index (χ0v) is 9.59. The molecule has 2 aromatic carbocycles. The Hall–Kier alpha value is -2.62. The number of benzene rings is 2. The van der Waals surface area contributed by atoms with Gasteiger partial charge in [0, 0.05) is 11.1 Å². The first-order chi connectivity index (χ1) is 8.59. The molecule has 0 fully saturated rings. The topological polar surface area (TPSA) is 86.2 Å². The van der Waals surface area contributed by atoms with Crippen LogP contribution in [-0.2, 0) is 0 Å². The maximum absolute atomic E-state index is 11.3. The van der Waals surface area contributed by atoms with Gasteiger partial charge in [0.25, 0.3) is 0 Å². The Morgan fingerprint density at radius 3 is 2.22 bits per heavy atom. The lowest BCUT2D eigenvalue weighted by molar-refractivity contribution is 0.0992. The molecule has 2 amide bonds. The monoisotopic (exact) mass is 240 g/mol. The van der Waals surface area contributed by atoms with Gasteiger partial charge in [0.15, 0.2) is 0 Å². The highest BCUT2D eigenvalue weighted by Crippen LogP contribution is 2.24. The standard InChI is InChI=1S/C14H12N2O2/c15-13(17)10-5-3-4-9(8-10)11-6-1-2-7-12(11)14(16)18/h1-8H,(H2,15,17)(H2,16,18). The number of nitrogens with two attached hydrogens (primary N) is 2. The summed E-state index contributed by atoms with van der Waals surface area (Å²) in [6, 6.07) is 13.7. The second-order valence-corrected chi connectivity index (χ2v) is 3.85. The Morgan fingerprint density at radius 2 is 1.56 bits per heavy atom. The van der Waals surface area contributed by atoms with Crippen molar-refractivity contribution in [3.63, 3.8) is 0 Å². The lowest BCUT2D eigenvalue weighted by Crippen LogP contribution is -2.13. The molecule has 0 bridgehead atoms. The summed E-state index contributed by atoms with van der Waals surface area (Å²) in [5.41, 5.74) is 12.8. The second kappa shape index (κ2) is 4.71. The molecule has 0 aliphatic carbocycles. The fraction of sp³-hybridized carbons (Fsp3) is 0. The number of hydrogen-bond donors (Lipinski definition) is 2. The molecular formula is C14H12N2O2. The van der Waals surface area contributed by atoms with Crippen LogP contribution in [0.2, 0.25) is 0 Å². The largest absolute Gasteiger partial charge is 0.366 e. The highest BCUT2D eigenvalue weighted by atomic mass is 16.1. The van der Waals surface area contributed by atoms with Crippen molar-refractivity contribution in [2.24, 2.45) is 11.5 Å². The molecular weight excluding hydrogens is 228 g/mol. The van der Waals surface area contributed by atoms with E-state index >= 15 is 0 Å². The minimum absolute atomic E-state index is 0.395. The Balaban J connectivity index is 2.58. The van der Waals surface area contributed by atoms with E-state index in [4.69, 9.17) is 11.5 Å². The molecule has 0 heterocycles. The van der Waals surface area contributed by atoms with Crippen LogP contribution >= 0.6 is 0 Å². The minimum atomic E-state index is -0.506. The molecule has 0 saturated carbocycles. The quantitative estimate of drug-likeness (QED) is 0.852. The minimum Gasteiger partial charge on any atom is -0.366 e. The molecule has 0 aliphatic rings. The van der Waals surface area contributed by atoms with Gasteiger partial charge in [-0.3, -0.25) is 9.59 Å². The Labute approximate surface area is 104 Å². The summed E-state index contributed by atoms with van der Waals surface area (Å²) in [6.45, 7) is 0. The van der Waals surface area contributed by atoms with Crippen LogP contribution in [0.4, 0.5) is 0 Å². The summed E-state index contributed by atoms with van der Waals surface area (Å²) in [6.07, 6.45) is 0. The summed E-state index contributed by atoms with van der Waals surface area (Å²) >= 11 is 0. The molecule has 4 N–H and O–H groups in total. The Kier molecular flexibility index (Phi) is 3.10. The third-order valence-corrected chi connectivity index (χ3v) is 2.65. The smallest absolute Gasteiger partial charge is 0.249 e. The Bertz CT molecular complexity index is 621. The van der Waals surface area contributed by atoms with Gasteiger partial charge >= 0.3 is 0 Å². The molecule has 0 saturated heterocycles. The maximum Gasteiger partial charge on any atom is 0.249 e. The molecule has 0 aliphatic heterocycles. The van der Waals surface area contributed by atoms with Crippen molar-refractivity contribution in [1.82, 2.24) is 0 Å². The van der Waals surface area contributed by atoms with Gasteiger partial charge in [-0.15, -0.1) is 0 Å². The molecule has 0 spiro atoms. The first-order valence-corrected chi connectivity index (χ1v) is 5.38. The number of carbonyl (C=O) groups excluding carboxylic acids is 2. The summed E-state index contributed by atoms with van der Waals surface area (Å²) in [7, 11) is 0. The van der Waals surface area contributed by atoms with Gasteiger partial charge in [-0.25, -0.2) is 0 Å². The van der Waals surface area contributed by atoms with E-state index < -0.39 is 11.8 Å². The van der Waals surface area contributed by atoms with Gasteiger partial charge in [0.05, 0.1) is 0 Å². The fourth-order valence-electron chi connectivity index (χ4n) is 1.79. The van der Waals surface area contributed by atoms with E-state index in [1.807, 2.05) is 0 Å². The van der Waals surface area contributed by atoms with Gasteiger partial charge in [0.1, 0.15) is 0 Å². The average molecular weight is 240 g/mol. The molecule has 0 aromatic heterocycles. The van der Waals surface area contributed by atoms with Crippen LogP contribution in [0.1, 0.15) is 20.7 Å². The van der Waals surface area contributed by atoms with Crippen molar-refractivity contribution in [2.75, 3.05) is 0 Å². The predicted molar refractivity (Wildman–Crippen MR) is 68.9 cm³/mol. The third kappa shape index (κ3) is 2.22. The maximum atomic E-state index is 11.3. The van der Waals surface area contributed by atoms with Crippen molar-refractivity contribution < 1.29 is 9.59 Å². The summed E-state index contributed by atoms with van der Waals surface area (Å²) < 4.78 is 0. The van der Waals surface area contributed by atoms with Crippen molar-refractivity contribution in [3.05, 3.63) is 59.7 Å². The highest BCUT2D eigenvalue weighted by Gasteiger charge is 2.10. The van der Waals surface area contributed by atoms with Gasteiger partial charge in [-0.1, -0.05) is 30.3 Å². The number of carbonyl (C=O) groups is 2. The molecule has 0 unspecified atom stereocenters. The van der Waals surface area contributed by atoms with Crippen LogP contribution in [0.5, 0.6) is 0 Å². The summed E-state index contributed by atoms with van der Waals surface area (Å²) in [4.78, 5) is 22.5. The highest BCUT2D eigenvalue weighted by molar-refractivity contribution is 6.01. The van der Waals surface area contributed by atoms with E-state index in [0.717, 1.165) is 5.56 Å². The van der Waals surface area contributed by atoms with E-state index in [9.17, 15) is 9.59 Å². The first kappa shape index (κ1) is 11.9. The summed E-state index contributed by atoms with van der Waals surface area (Å²) in [5, 5.41) is 0. The zero-order chi connectivity index (χ0) is 13.1. The number of hydrogen-bond acceptors (Lipinski definition) is 2. The van der Waals surface area contributed by atoms with Crippen molar-refractivity contribution in [1.29, 1.82) is 0 Å². The Morgan fingerprint density at radius 1 is 0.833 bits per heavy atom. The van der Waals surface area contributed by atoms with Crippen LogP contribution in [0.15, 0.2) is 48.5 Å². The summed E-state index contributed by atoms with van der Waals surface area (Å²) in [5.74, 6) is -1.01. The molecule has 90 valence electrons. The lowest BCUT2D eigenvalue weighted by Gasteiger charge is -2.07. The molecule has 2 rings (SSSR count). The van der Waals surface area contributed by atoms with Crippen molar-refractivity contribution in [2.45, 2.75) is 0 Å². The number of rotatable bonds is 3.